The lowest BCUT2D eigenvalue weighted by molar-refractivity contribution is -0.109. The lowest BCUT2D eigenvalue weighted by atomic mass is 10.0. The number of thioether (sulfide) groups is 1. The van der Waals surface area contributed by atoms with E-state index in [9.17, 15) is 15.0 Å². The average Bonchev–Trinajstić information content (AvgIpc) is 2.29. The van der Waals surface area contributed by atoms with Gasteiger partial charge in [-0.1, -0.05) is 27.7 Å². The summed E-state index contributed by atoms with van der Waals surface area (Å²) in [5.41, 5.74) is 6.63. The van der Waals surface area contributed by atoms with Gasteiger partial charge in [-0.2, -0.15) is 0 Å². The van der Waals surface area contributed by atoms with Crippen LogP contribution in [0.3, 0.4) is 0 Å². The Morgan fingerprint density at radius 1 is 1.44 bits per heavy atom. The number of carbonyl (C=O) groups excluding carboxylic acids is 1. The van der Waals surface area contributed by atoms with Gasteiger partial charge in [-0.05, 0) is 28.1 Å². The number of aliphatic hydroxyl groups is 2. The third-order valence-electron chi connectivity index (χ3n) is 2.27. The number of nitrogen functional groups attached to an aromatic ring is 1. The molecule has 0 spiro atoms. The van der Waals surface area contributed by atoms with Crippen LogP contribution in [0.25, 0.3) is 0 Å². The average molecular weight is 399 g/mol. The SMILES string of the molecule is CC(=O)SCC(O)C(O)c1cc(Br)cc(Br)c1N. The molecule has 0 heterocycles. The Kier molecular flexibility index (Phi) is 6.13. The fourth-order valence-corrected chi connectivity index (χ4v) is 3.20. The summed E-state index contributed by atoms with van der Waals surface area (Å²) in [4.78, 5) is 10.8. The van der Waals surface area contributed by atoms with E-state index in [0.717, 1.165) is 16.2 Å². The lowest BCUT2D eigenvalue weighted by Gasteiger charge is -2.20. The molecule has 0 saturated carbocycles. The Labute approximate surface area is 126 Å². The first-order chi connectivity index (χ1) is 8.32. The number of halogens is 2. The van der Waals surface area contributed by atoms with Crippen LogP contribution < -0.4 is 5.73 Å². The van der Waals surface area contributed by atoms with Crippen molar-refractivity contribution in [2.45, 2.75) is 19.1 Å². The summed E-state index contributed by atoms with van der Waals surface area (Å²) in [6, 6.07) is 3.40. The van der Waals surface area contributed by atoms with Crippen LogP contribution in [0.1, 0.15) is 18.6 Å². The van der Waals surface area contributed by atoms with E-state index >= 15 is 0 Å². The molecule has 1 aromatic carbocycles. The van der Waals surface area contributed by atoms with Crippen LogP contribution in [0.4, 0.5) is 5.69 Å². The van der Waals surface area contributed by atoms with Gasteiger partial charge >= 0.3 is 0 Å². The highest BCUT2D eigenvalue weighted by Crippen LogP contribution is 2.33. The highest BCUT2D eigenvalue weighted by molar-refractivity contribution is 9.11. The van der Waals surface area contributed by atoms with Gasteiger partial charge in [-0.25, -0.2) is 0 Å². The summed E-state index contributed by atoms with van der Waals surface area (Å²) >= 11 is 7.52. The molecule has 100 valence electrons. The van der Waals surface area contributed by atoms with E-state index in [0.29, 0.717) is 15.7 Å². The van der Waals surface area contributed by atoms with Crippen LogP contribution in [-0.2, 0) is 4.79 Å². The number of aliphatic hydroxyl groups excluding tert-OH is 2. The van der Waals surface area contributed by atoms with E-state index in [1.807, 2.05) is 0 Å². The molecule has 0 radical (unpaired) electrons. The molecule has 1 rings (SSSR count). The van der Waals surface area contributed by atoms with E-state index in [4.69, 9.17) is 5.73 Å². The van der Waals surface area contributed by atoms with E-state index in [1.54, 1.807) is 12.1 Å². The molecular weight excluding hydrogens is 386 g/mol. The minimum absolute atomic E-state index is 0.107. The Morgan fingerprint density at radius 3 is 2.61 bits per heavy atom. The second kappa shape index (κ2) is 6.91. The molecular formula is C11H13Br2NO3S. The maximum absolute atomic E-state index is 10.8. The Balaban J connectivity index is 2.89. The summed E-state index contributed by atoms with van der Waals surface area (Å²) in [7, 11) is 0. The van der Waals surface area contributed by atoms with Crippen molar-refractivity contribution in [3.63, 3.8) is 0 Å². The Hall–Kier alpha value is -0.0800. The molecule has 0 amide bonds. The lowest BCUT2D eigenvalue weighted by Crippen LogP contribution is -2.22. The zero-order valence-electron chi connectivity index (χ0n) is 9.56. The minimum atomic E-state index is -1.13. The van der Waals surface area contributed by atoms with Crippen LogP contribution in [0.2, 0.25) is 0 Å². The zero-order valence-corrected chi connectivity index (χ0v) is 13.5. The first kappa shape index (κ1) is 16.0. The number of anilines is 1. The minimum Gasteiger partial charge on any atom is -0.398 e. The molecule has 7 heteroatoms. The van der Waals surface area contributed by atoms with Crippen molar-refractivity contribution in [1.29, 1.82) is 0 Å². The first-order valence-electron chi connectivity index (χ1n) is 5.06. The van der Waals surface area contributed by atoms with Crippen molar-refractivity contribution >= 4 is 54.4 Å². The maximum atomic E-state index is 10.8. The summed E-state index contributed by atoms with van der Waals surface area (Å²) in [6.07, 6.45) is -2.19. The second-order valence-electron chi connectivity index (χ2n) is 3.71. The first-order valence-corrected chi connectivity index (χ1v) is 7.64. The van der Waals surface area contributed by atoms with Crippen LogP contribution in [0.15, 0.2) is 21.1 Å². The molecule has 0 aromatic heterocycles. The Morgan fingerprint density at radius 2 is 2.06 bits per heavy atom. The summed E-state index contributed by atoms with van der Waals surface area (Å²) in [5, 5.41) is 19.7. The number of rotatable bonds is 4. The normalized spacial score (nSPS) is 14.3. The molecule has 0 bridgehead atoms. The number of hydrogen-bond donors (Lipinski definition) is 3. The van der Waals surface area contributed by atoms with Crippen LogP contribution in [0.5, 0.6) is 0 Å². The van der Waals surface area contributed by atoms with Gasteiger partial charge in [0.2, 0.25) is 0 Å². The smallest absolute Gasteiger partial charge is 0.185 e. The quantitative estimate of drug-likeness (QED) is 0.678. The fraction of sp³-hybridized carbons (Fsp3) is 0.364. The molecule has 0 aliphatic heterocycles. The van der Waals surface area contributed by atoms with Gasteiger partial charge in [-0.15, -0.1) is 0 Å². The number of carbonyl (C=O) groups is 1. The highest BCUT2D eigenvalue weighted by atomic mass is 79.9. The van der Waals surface area contributed by atoms with E-state index < -0.39 is 12.2 Å². The molecule has 0 aliphatic carbocycles. The van der Waals surface area contributed by atoms with E-state index in [2.05, 4.69) is 31.9 Å². The zero-order chi connectivity index (χ0) is 13.9. The van der Waals surface area contributed by atoms with Gasteiger partial charge in [0.05, 0.1) is 11.8 Å². The monoisotopic (exact) mass is 397 g/mol. The van der Waals surface area contributed by atoms with Gasteiger partial charge in [0.25, 0.3) is 0 Å². The molecule has 2 atom stereocenters. The van der Waals surface area contributed by atoms with E-state index in [-0.39, 0.29) is 10.9 Å². The molecule has 0 fully saturated rings. The molecule has 0 saturated heterocycles. The van der Waals surface area contributed by atoms with Gasteiger partial charge in [-0.3, -0.25) is 4.79 Å². The summed E-state index contributed by atoms with van der Waals surface area (Å²) in [5.74, 6) is 0.125. The summed E-state index contributed by atoms with van der Waals surface area (Å²) in [6.45, 7) is 1.41. The van der Waals surface area contributed by atoms with Crippen LogP contribution >= 0.6 is 43.6 Å². The highest BCUT2D eigenvalue weighted by Gasteiger charge is 2.22. The maximum Gasteiger partial charge on any atom is 0.185 e. The second-order valence-corrected chi connectivity index (χ2v) is 6.67. The van der Waals surface area contributed by atoms with E-state index in [1.165, 1.54) is 6.92 Å². The topological polar surface area (TPSA) is 83.5 Å². The van der Waals surface area contributed by atoms with Gasteiger partial charge in [0.1, 0.15) is 6.10 Å². The third-order valence-corrected chi connectivity index (χ3v) is 4.30. The van der Waals surface area contributed by atoms with Crippen LogP contribution in [0, 0.1) is 0 Å². The van der Waals surface area contributed by atoms with Crippen LogP contribution in [-0.4, -0.2) is 27.2 Å². The van der Waals surface area contributed by atoms with Crippen molar-refractivity contribution in [2.75, 3.05) is 11.5 Å². The summed E-state index contributed by atoms with van der Waals surface area (Å²) < 4.78 is 1.38. The standard InChI is InChI=1S/C11H13Br2NO3S/c1-5(15)18-4-9(16)11(17)7-2-6(12)3-8(13)10(7)14/h2-3,9,11,16-17H,4,14H2,1H3. The number of hydrogen-bond acceptors (Lipinski definition) is 5. The van der Waals surface area contributed by atoms with Gasteiger partial charge < -0.3 is 15.9 Å². The molecule has 4 N–H and O–H groups in total. The Bertz CT molecular complexity index is 456. The molecule has 4 nitrogen and oxygen atoms in total. The molecule has 18 heavy (non-hydrogen) atoms. The molecule has 2 unspecified atom stereocenters. The number of nitrogens with two attached hydrogens (primary N) is 1. The molecule has 0 aliphatic rings. The van der Waals surface area contributed by atoms with Crippen molar-refractivity contribution in [1.82, 2.24) is 0 Å². The van der Waals surface area contributed by atoms with Gasteiger partial charge in [0.15, 0.2) is 5.12 Å². The number of benzene rings is 1. The van der Waals surface area contributed by atoms with Crippen molar-refractivity contribution in [2.24, 2.45) is 0 Å². The fourth-order valence-electron chi connectivity index (χ4n) is 1.35. The predicted octanol–water partition coefficient (Wildman–Crippen LogP) is 2.47. The van der Waals surface area contributed by atoms with Crippen molar-refractivity contribution in [3.8, 4) is 0 Å². The predicted molar refractivity (Wildman–Crippen MR) is 80.4 cm³/mol. The largest absolute Gasteiger partial charge is 0.398 e. The van der Waals surface area contributed by atoms with Gasteiger partial charge in [0, 0.05) is 27.2 Å². The third kappa shape index (κ3) is 4.24. The van der Waals surface area contributed by atoms with Crippen molar-refractivity contribution < 1.29 is 15.0 Å². The van der Waals surface area contributed by atoms with Crippen molar-refractivity contribution in [3.05, 3.63) is 26.6 Å². The molecule has 1 aromatic rings.